The van der Waals surface area contributed by atoms with Crippen molar-refractivity contribution in [3.8, 4) is 0 Å². The average molecular weight is 540 g/mol. The Morgan fingerprint density at radius 3 is 2.11 bits per heavy atom. The van der Waals surface area contributed by atoms with Gasteiger partial charge in [-0.3, -0.25) is 14.3 Å². The molecule has 0 radical (unpaired) electrons. The molecule has 0 aliphatic carbocycles. The number of unbranched alkanes of at least 4 members (excludes halogenated alkanes) is 11. The van der Waals surface area contributed by atoms with Crippen LogP contribution in [-0.2, 0) is 14.9 Å². The summed E-state index contributed by atoms with van der Waals surface area (Å²) in [5.74, 6) is -0.511. The molecule has 0 saturated carbocycles. The first-order valence-electron chi connectivity index (χ1n) is 13.6. The summed E-state index contributed by atoms with van der Waals surface area (Å²) in [5.41, 5.74) is 0. The Hall–Kier alpha value is -0.290. The third-order valence-electron chi connectivity index (χ3n) is 6.36. The Kier molecular flexibility index (Phi) is 21.4. The van der Waals surface area contributed by atoms with Crippen molar-refractivity contribution in [2.75, 3.05) is 38.5 Å². The van der Waals surface area contributed by atoms with E-state index in [-0.39, 0.29) is 48.5 Å². The molecule has 1 atom stereocenters. The Morgan fingerprint density at radius 2 is 1.58 bits per heavy atom. The van der Waals surface area contributed by atoms with Gasteiger partial charge in [0.1, 0.15) is 32.3 Å². The summed E-state index contributed by atoms with van der Waals surface area (Å²) in [6.07, 6.45) is 19.1. The maximum atomic E-state index is 12.9. The number of ketones is 1. The number of hydrogen-bond donors (Lipinski definition) is 2. The van der Waals surface area contributed by atoms with Gasteiger partial charge in [0.15, 0.2) is 0 Å². The van der Waals surface area contributed by atoms with E-state index >= 15 is 0 Å². The van der Waals surface area contributed by atoms with Gasteiger partial charge in [0.2, 0.25) is 5.78 Å². The van der Waals surface area contributed by atoms with Crippen LogP contribution in [0.2, 0.25) is 0 Å². The number of Topliss-reactive ketones (excluding diaryl/α,β-unsaturated/α-hetero) is 1. The molecule has 0 aromatic rings. The van der Waals surface area contributed by atoms with Crippen LogP contribution >= 0.6 is 0 Å². The Bertz CT molecular complexity index is 758. The van der Waals surface area contributed by atoms with Crippen LogP contribution < -0.4 is 29.6 Å². The Labute approximate surface area is 241 Å². The van der Waals surface area contributed by atoms with Gasteiger partial charge in [-0.1, -0.05) is 76.9 Å². The number of allylic oxidation sites excluding steroid dienone is 2. The van der Waals surface area contributed by atoms with Crippen LogP contribution in [0.3, 0.4) is 0 Å². The van der Waals surface area contributed by atoms with Gasteiger partial charge in [-0.05, 0) is 25.7 Å². The fourth-order valence-electron chi connectivity index (χ4n) is 4.60. The number of aliphatic hydroxyl groups excluding tert-OH is 2. The second-order valence-corrected chi connectivity index (χ2v) is 11.0. The molecule has 1 rings (SSSR count). The number of carbonyl (C=O) groups is 1. The van der Waals surface area contributed by atoms with Gasteiger partial charge in [0, 0.05) is 6.42 Å². The summed E-state index contributed by atoms with van der Waals surface area (Å²) in [4.78, 5) is 14.7. The average Bonchev–Trinajstić information content (AvgIpc) is 3.17. The minimum absolute atomic E-state index is 0. The molecule has 1 heterocycles. The maximum Gasteiger partial charge on any atom is 1.00 e. The zero-order valence-electron chi connectivity index (χ0n) is 22.7. The minimum Gasteiger partial charge on any atom is -0.748 e. The van der Waals surface area contributed by atoms with Crippen LogP contribution in [0.25, 0.3) is 0 Å². The summed E-state index contributed by atoms with van der Waals surface area (Å²) < 4.78 is 34.4. The van der Waals surface area contributed by atoms with Crippen molar-refractivity contribution in [3.63, 3.8) is 0 Å². The largest absolute Gasteiger partial charge is 1.00 e. The fraction of sp³-hybridized carbons (Fsp3) is 0.846. The normalized spacial score (nSPS) is 15.1. The van der Waals surface area contributed by atoms with Crippen molar-refractivity contribution < 1.29 is 62.1 Å². The zero-order chi connectivity index (χ0) is 25.9. The molecule has 0 fully saturated rings. The first-order chi connectivity index (χ1) is 16.8. The van der Waals surface area contributed by atoms with E-state index in [0.29, 0.717) is 31.9 Å². The summed E-state index contributed by atoms with van der Waals surface area (Å²) in [5, 5.41) is 19.3. The van der Waals surface area contributed by atoms with E-state index in [1.807, 2.05) is 0 Å². The van der Waals surface area contributed by atoms with Gasteiger partial charge in [0.05, 0.1) is 22.5 Å². The van der Waals surface area contributed by atoms with Crippen molar-refractivity contribution in [3.05, 3.63) is 12.2 Å². The van der Waals surface area contributed by atoms with E-state index in [9.17, 15) is 28.0 Å². The van der Waals surface area contributed by atoms with Gasteiger partial charge in [-0.25, -0.2) is 8.42 Å². The second-order valence-electron chi connectivity index (χ2n) is 9.59. The van der Waals surface area contributed by atoms with Crippen LogP contribution in [0, 0.1) is 0 Å². The number of aliphatic hydroxyl groups is 2. The van der Waals surface area contributed by atoms with Gasteiger partial charge >= 0.3 is 35.4 Å². The second kappa shape index (κ2) is 21.6. The molecule has 0 bridgehead atoms. The zero-order valence-corrected chi connectivity index (χ0v) is 25.5. The predicted octanol–water partition coefficient (Wildman–Crippen LogP) is 0.222. The SMILES string of the molecule is CC/C=C/CCCCCCCCCCCCCC(=O)C1=[N+](CC(O)CS(=O)(=O)[O-])CCN1CCO.[Na+]. The molecule has 0 spiro atoms. The van der Waals surface area contributed by atoms with E-state index in [2.05, 4.69) is 19.1 Å². The third-order valence-corrected chi connectivity index (χ3v) is 7.16. The minimum atomic E-state index is -4.54. The summed E-state index contributed by atoms with van der Waals surface area (Å²) in [7, 11) is -4.54. The Morgan fingerprint density at radius 1 is 1.03 bits per heavy atom. The first-order valence-corrected chi connectivity index (χ1v) is 15.1. The molecule has 8 nitrogen and oxygen atoms in total. The molecule has 2 N–H and O–H groups in total. The fourth-order valence-corrected chi connectivity index (χ4v) is 5.18. The molecule has 0 saturated heterocycles. The van der Waals surface area contributed by atoms with Crippen molar-refractivity contribution in [2.45, 2.75) is 103 Å². The van der Waals surface area contributed by atoms with Crippen molar-refractivity contribution >= 4 is 21.7 Å². The van der Waals surface area contributed by atoms with E-state index in [1.54, 1.807) is 9.48 Å². The summed E-state index contributed by atoms with van der Waals surface area (Å²) in [6, 6.07) is 0. The smallest absolute Gasteiger partial charge is 0.748 e. The molecule has 36 heavy (non-hydrogen) atoms. The van der Waals surface area contributed by atoms with Crippen LogP contribution in [-0.4, -0.2) is 88.9 Å². The molecule has 0 amide bonds. The molecule has 1 aliphatic heterocycles. The van der Waals surface area contributed by atoms with Crippen molar-refractivity contribution in [1.82, 2.24) is 4.90 Å². The van der Waals surface area contributed by atoms with Gasteiger partial charge in [0.25, 0.3) is 0 Å². The molecule has 10 heteroatoms. The first kappa shape index (κ1) is 35.7. The molecule has 1 aliphatic rings. The standard InChI is InChI=1S/C26H48N2O6S.Na/c1-2-3-4-5-6-7-8-9-10-11-12-13-14-15-16-17-25(31)26-27(20-21-29)18-19-28(26)22-24(30)23-35(32,33)34;/h3-4,24,29-30H,2,5-23H2,1H3;/q;+1/b4-3+;. The molecular formula is C26H48N2NaO6S+. The topological polar surface area (TPSA) is 121 Å². The number of nitrogens with zero attached hydrogens (tertiary/aromatic N) is 2. The van der Waals surface area contributed by atoms with Crippen molar-refractivity contribution in [2.24, 2.45) is 0 Å². The van der Waals surface area contributed by atoms with Gasteiger partial charge in [-0.2, -0.15) is 0 Å². The monoisotopic (exact) mass is 539 g/mol. The predicted molar refractivity (Wildman–Crippen MR) is 139 cm³/mol. The molecule has 1 unspecified atom stereocenters. The number of rotatable bonds is 22. The van der Waals surface area contributed by atoms with E-state index in [1.165, 1.54) is 57.8 Å². The van der Waals surface area contributed by atoms with Gasteiger partial charge in [-0.15, -0.1) is 0 Å². The van der Waals surface area contributed by atoms with Crippen LogP contribution in [0.4, 0.5) is 0 Å². The molecule has 204 valence electrons. The molecule has 0 aromatic carbocycles. The van der Waals surface area contributed by atoms with Crippen LogP contribution in [0.5, 0.6) is 0 Å². The van der Waals surface area contributed by atoms with Gasteiger partial charge < -0.3 is 14.8 Å². The molecule has 0 aromatic heterocycles. The van der Waals surface area contributed by atoms with E-state index in [4.69, 9.17) is 0 Å². The number of hydrogen-bond acceptors (Lipinski definition) is 7. The van der Waals surface area contributed by atoms with Crippen LogP contribution in [0.15, 0.2) is 12.2 Å². The maximum absolute atomic E-state index is 12.9. The Balaban J connectivity index is 0.0000122. The van der Waals surface area contributed by atoms with E-state index < -0.39 is 22.0 Å². The van der Waals surface area contributed by atoms with E-state index in [0.717, 1.165) is 25.7 Å². The third kappa shape index (κ3) is 17.3. The number of amidine groups is 1. The van der Waals surface area contributed by atoms with Crippen LogP contribution in [0.1, 0.15) is 96.8 Å². The quantitative estimate of drug-likeness (QED) is 0.0664. The summed E-state index contributed by atoms with van der Waals surface area (Å²) in [6.45, 7) is 3.27. The number of β-amino-alcohol motifs (C(OH)–C–C–N with tert-alkyl or cyclic N) is 2. The molecular weight excluding hydrogens is 491 g/mol. The number of carbonyl (C=O) groups excluding carboxylic acids is 1. The summed E-state index contributed by atoms with van der Waals surface area (Å²) >= 11 is 0. The van der Waals surface area contributed by atoms with Crippen molar-refractivity contribution in [1.29, 1.82) is 0 Å².